The number of ketones is 1. The lowest BCUT2D eigenvalue weighted by atomic mass is 10.2. The highest BCUT2D eigenvalue weighted by molar-refractivity contribution is 5.90. The van der Waals surface area contributed by atoms with Gasteiger partial charge < -0.3 is 14.9 Å². The molecule has 0 atom stereocenters. The zero-order valence-electron chi connectivity index (χ0n) is 7.98. The fourth-order valence-electron chi connectivity index (χ4n) is 0.573. The van der Waals surface area contributed by atoms with Crippen molar-refractivity contribution in [3.8, 4) is 0 Å². The number of hydrogen-bond donors (Lipinski definition) is 2. The van der Waals surface area contributed by atoms with E-state index in [-0.39, 0.29) is 12.2 Å². The van der Waals surface area contributed by atoms with E-state index in [0.717, 1.165) is 13.2 Å². The molecule has 0 rings (SSSR count). The van der Waals surface area contributed by atoms with Crippen LogP contribution in [0.1, 0.15) is 13.3 Å². The first-order valence-electron chi connectivity index (χ1n) is 3.93. The largest absolute Gasteiger partial charge is 0.504 e. The highest BCUT2D eigenvalue weighted by Gasteiger charge is 2.06. The SMILES string of the molecule is CCC(=O)C=C(O)C(O)=CC(=O)OC. The number of rotatable bonds is 4. The standard InChI is InChI=1S/C9H12O5/c1-3-6(10)4-7(11)8(12)5-9(13)14-2/h4-5,11-12H,3H2,1-2H3. The fraction of sp³-hybridized carbons (Fsp3) is 0.333. The van der Waals surface area contributed by atoms with Gasteiger partial charge in [-0.2, -0.15) is 0 Å². The number of ether oxygens (including phenoxy) is 1. The fourth-order valence-corrected chi connectivity index (χ4v) is 0.573. The zero-order valence-corrected chi connectivity index (χ0v) is 7.98. The van der Waals surface area contributed by atoms with Gasteiger partial charge in [0.25, 0.3) is 0 Å². The van der Waals surface area contributed by atoms with Gasteiger partial charge in [-0.25, -0.2) is 4.79 Å². The Bertz CT molecular complexity index is 258. The average Bonchev–Trinajstić information content (AvgIpc) is 2.17. The van der Waals surface area contributed by atoms with Gasteiger partial charge in [0.2, 0.25) is 0 Å². The van der Waals surface area contributed by atoms with Crippen molar-refractivity contribution < 1.29 is 24.5 Å². The minimum Gasteiger partial charge on any atom is -0.504 e. The van der Waals surface area contributed by atoms with Crippen molar-refractivity contribution in [3.05, 3.63) is 23.7 Å². The van der Waals surface area contributed by atoms with Crippen molar-refractivity contribution >= 4 is 11.8 Å². The predicted molar refractivity (Wildman–Crippen MR) is 48.7 cm³/mol. The summed E-state index contributed by atoms with van der Waals surface area (Å²) in [5.41, 5.74) is 0. The van der Waals surface area contributed by atoms with E-state index in [1.165, 1.54) is 0 Å². The zero-order chi connectivity index (χ0) is 11.1. The molecule has 0 aliphatic heterocycles. The van der Waals surface area contributed by atoms with Crippen LogP contribution < -0.4 is 0 Å². The molecule has 0 aliphatic rings. The molecule has 0 aromatic heterocycles. The van der Waals surface area contributed by atoms with Crippen LogP contribution in [0.25, 0.3) is 0 Å². The van der Waals surface area contributed by atoms with E-state index in [2.05, 4.69) is 4.74 Å². The number of carbonyl (C=O) groups is 2. The number of hydrogen-bond acceptors (Lipinski definition) is 5. The Morgan fingerprint density at radius 2 is 1.71 bits per heavy atom. The predicted octanol–water partition coefficient (Wildman–Crippen LogP) is 1.02. The van der Waals surface area contributed by atoms with Crippen molar-refractivity contribution in [2.45, 2.75) is 13.3 Å². The summed E-state index contributed by atoms with van der Waals surface area (Å²) in [6, 6.07) is 0. The smallest absolute Gasteiger partial charge is 0.334 e. The van der Waals surface area contributed by atoms with E-state index >= 15 is 0 Å². The maximum absolute atomic E-state index is 10.8. The Kier molecular flexibility index (Phi) is 5.06. The molecule has 14 heavy (non-hydrogen) atoms. The maximum atomic E-state index is 10.8. The van der Waals surface area contributed by atoms with Gasteiger partial charge in [0.15, 0.2) is 17.3 Å². The van der Waals surface area contributed by atoms with Crippen molar-refractivity contribution in [1.82, 2.24) is 0 Å². The lowest BCUT2D eigenvalue weighted by Gasteiger charge is -1.97. The number of aliphatic hydroxyl groups excluding tert-OH is 2. The summed E-state index contributed by atoms with van der Waals surface area (Å²) < 4.78 is 4.20. The highest BCUT2D eigenvalue weighted by atomic mass is 16.5. The molecule has 0 spiro atoms. The van der Waals surface area contributed by atoms with Crippen LogP contribution in [0.5, 0.6) is 0 Å². The second-order valence-electron chi connectivity index (χ2n) is 2.40. The summed E-state index contributed by atoms with van der Waals surface area (Å²) in [6.45, 7) is 1.60. The Balaban J connectivity index is 4.61. The molecule has 0 aliphatic carbocycles. The van der Waals surface area contributed by atoms with Gasteiger partial charge in [0.1, 0.15) is 0 Å². The van der Waals surface area contributed by atoms with Crippen LogP contribution in [-0.2, 0) is 14.3 Å². The molecule has 0 radical (unpaired) electrons. The van der Waals surface area contributed by atoms with Gasteiger partial charge in [0.05, 0.1) is 13.2 Å². The van der Waals surface area contributed by atoms with Crippen molar-refractivity contribution in [1.29, 1.82) is 0 Å². The minimum absolute atomic E-state index is 0.204. The lowest BCUT2D eigenvalue weighted by molar-refractivity contribution is -0.135. The number of esters is 1. The van der Waals surface area contributed by atoms with Crippen molar-refractivity contribution in [2.75, 3.05) is 7.11 Å². The molecule has 5 nitrogen and oxygen atoms in total. The Labute approximate surface area is 81.3 Å². The molecule has 0 saturated carbocycles. The molecule has 0 unspecified atom stereocenters. The first kappa shape index (κ1) is 12.2. The monoisotopic (exact) mass is 200 g/mol. The quantitative estimate of drug-likeness (QED) is 0.306. The number of methoxy groups -OCH3 is 1. The second kappa shape index (κ2) is 5.80. The lowest BCUT2D eigenvalue weighted by Crippen LogP contribution is -2.00. The molecule has 0 bridgehead atoms. The maximum Gasteiger partial charge on any atom is 0.334 e. The summed E-state index contributed by atoms with van der Waals surface area (Å²) >= 11 is 0. The Hall–Kier alpha value is -1.78. The summed E-state index contributed by atoms with van der Waals surface area (Å²) in [4.78, 5) is 21.4. The van der Waals surface area contributed by atoms with Crippen LogP contribution in [0.15, 0.2) is 23.7 Å². The minimum atomic E-state index is -0.814. The molecule has 0 saturated heterocycles. The molecule has 2 N–H and O–H groups in total. The van der Waals surface area contributed by atoms with Crippen LogP contribution in [0.3, 0.4) is 0 Å². The van der Waals surface area contributed by atoms with Gasteiger partial charge in [-0.15, -0.1) is 0 Å². The molecule has 0 fully saturated rings. The van der Waals surface area contributed by atoms with Crippen LogP contribution in [0.4, 0.5) is 0 Å². The third kappa shape index (κ3) is 4.30. The van der Waals surface area contributed by atoms with Crippen LogP contribution in [-0.4, -0.2) is 29.1 Å². The molecule has 0 heterocycles. The molecule has 0 aromatic rings. The normalized spacial score (nSPS) is 12.4. The summed E-state index contributed by atoms with van der Waals surface area (Å²) in [7, 11) is 1.13. The number of aliphatic hydroxyl groups is 2. The molecular formula is C9H12O5. The summed E-state index contributed by atoms with van der Waals surface area (Å²) in [5.74, 6) is -2.51. The molecular weight excluding hydrogens is 188 g/mol. The van der Waals surface area contributed by atoms with E-state index < -0.39 is 17.5 Å². The first-order valence-corrected chi connectivity index (χ1v) is 3.93. The molecule has 0 amide bonds. The van der Waals surface area contributed by atoms with E-state index in [0.29, 0.717) is 6.08 Å². The number of allylic oxidation sites excluding steroid dienone is 1. The van der Waals surface area contributed by atoms with E-state index in [9.17, 15) is 9.59 Å². The van der Waals surface area contributed by atoms with E-state index in [4.69, 9.17) is 10.2 Å². The molecule has 78 valence electrons. The van der Waals surface area contributed by atoms with Crippen LogP contribution in [0.2, 0.25) is 0 Å². The molecule has 0 aromatic carbocycles. The van der Waals surface area contributed by atoms with Gasteiger partial charge in [-0.05, 0) is 0 Å². The van der Waals surface area contributed by atoms with Crippen LogP contribution >= 0.6 is 0 Å². The van der Waals surface area contributed by atoms with Gasteiger partial charge in [-0.3, -0.25) is 4.79 Å². The van der Waals surface area contributed by atoms with Gasteiger partial charge >= 0.3 is 5.97 Å². The van der Waals surface area contributed by atoms with Crippen molar-refractivity contribution in [3.63, 3.8) is 0 Å². The Morgan fingerprint density at radius 3 is 2.14 bits per heavy atom. The second-order valence-corrected chi connectivity index (χ2v) is 2.40. The average molecular weight is 200 g/mol. The van der Waals surface area contributed by atoms with Crippen molar-refractivity contribution in [2.24, 2.45) is 0 Å². The van der Waals surface area contributed by atoms with Gasteiger partial charge in [0, 0.05) is 12.5 Å². The summed E-state index contributed by atoms with van der Waals surface area (Å²) in [6.07, 6.45) is 1.72. The topological polar surface area (TPSA) is 83.8 Å². The third-order valence-corrected chi connectivity index (χ3v) is 1.36. The first-order chi connectivity index (χ1) is 6.51. The van der Waals surface area contributed by atoms with E-state index in [1.54, 1.807) is 6.92 Å². The number of carbonyl (C=O) groups excluding carboxylic acids is 2. The third-order valence-electron chi connectivity index (χ3n) is 1.36. The molecule has 5 heteroatoms. The van der Waals surface area contributed by atoms with Gasteiger partial charge in [-0.1, -0.05) is 6.92 Å². The van der Waals surface area contributed by atoms with Crippen LogP contribution in [0, 0.1) is 0 Å². The van der Waals surface area contributed by atoms with E-state index in [1.807, 2.05) is 0 Å². The highest BCUT2D eigenvalue weighted by Crippen LogP contribution is 2.03. The Morgan fingerprint density at radius 1 is 1.21 bits per heavy atom. The summed E-state index contributed by atoms with van der Waals surface area (Å²) in [5, 5.41) is 18.1.